The van der Waals surface area contributed by atoms with E-state index in [0.717, 1.165) is 24.5 Å². The summed E-state index contributed by atoms with van der Waals surface area (Å²) in [5, 5.41) is 16.6. The third-order valence-electron chi connectivity index (χ3n) is 4.09. The van der Waals surface area contributed by atoms with Crippen molar-refractivity contribution in [1.82, 2.24) is 0 Å². The van der Waals surface area contributed by atoms with Crippen LogP contribution in [0.5, 0.6) is 0 Å². The average Bonchev–Trinajstić information content (AvgIpc) is 2.92. The number of hydrogen-bond donors (Lipinski definition) is 2. The lowest BCUT2D eigenvalue weighted by Gasteiger charge is -2.02. The molecule has 38 heavy (non-hydrogen) atoms. The molecule has 0 amide bonds. The number of aliphatic hydroxyl groups is 1. The smallest absolute Gasteiger partial charge is 0.333 e. The van der Waals surface area contributed by atoms with Gasteiger partial charge in [-0.25, -0.2) is 19.2 Å². The number of carboxylic acids is 1. The molecule has 0 saturated carbocycles. The standard InChI is InChI=1S/C13H14O2.C9H12O5.C7H12O2/c1-11(13(14)15-2)7-6-10-12-8-4-3-5-9-12;1-7(3-2-4-8(11)12)9(13)14-6-5-10;1-3-5-6-9-7(8)4-2/h3-6,8-10H,1,7H2,2H3;2,4,10H,1,3,5-6H2,(H,11,12);4H,2-3,5-6H2,1H3. The van der Waals surface area contributed by atoms with Crippen LogP contribution in [0.15, 0.2) is 85.5 Å². The molecule has 0 bridgehead atoms. The van der Waals surface area contributed by atoms with E-state index >= 15 is 0 Å². The fraction of sp³-hybridized carbons (Fsp3) is 0.310. The Balaban J connectivity index is 0. The Hall–Kier alpha value is -4.24. The van der Waals surface area contributed by atoms with Crippen molar-refractivity contribution in [3.63, 3.8) is 0 Å². The number of carbonyl (C=O) groups is 4. The summed E-state index contributed by atoms with van der Waals surface area (Å²) >= 11 is 0. The van der Waals surface area contributed by atoms with E-state index in [1.807, 2.05) is 49.4 Å². The highest BCUT2D eigenvalue weighted by Crippen LogP contribution is 2.06. The van der Waals surface area contributed by atoms with Crippen molar-refractivity contribution in [3.8, 4) is 0 Å². The fourth-order valence-electron chi connectivity index (χ4n) is 2.13. The van der Waals surface area contributed by atoms with E-state index in [1.165, 1.54) is 19.3 Å². The molecular weight excluding hydrogens is 492 g/mol. The number of methoxy groups -OCH3 is 1. The van der Waals surface area contributed by atoms with Crippen molar-refractivity contribution < 1.29 is 43.6 Å². The summed E-state index contributed by atoms with van der Waals surface area (Å²) in [6, 6.07) is 9.89. The molecule has 0 saturated heterocycles. The Bertz CT molecular complexity index is 944. The van der Waals surface area contributed by atoms with Crippen LogP contribution in [0.2, 0.25) is 0 Å². The van der Waals surface area contributed by atoms with Gasteiger partial charge in [-0.15, -0.1) is 0 Å². The highest BCUT2D eigenvalue weighted by molar-refractivity contribution is 5.88. The van der Waals surface area contributed by atoms with Gasteiger partial charge in [0.1, 0.15) is 6.61 Å². The van der Waals surface area contributed by atoms with Gasteiger partial charge in [0.25, 0.3) is 0 Å². The molecule has 0 aromatic heterocycles. The maximum absolute atomic E-state index is 11.0. The Morgan fingerprint density at radius 2 is 1.53 bits per heavy atom. The van der Waals surface area contributed by atoms with E-state index in [-0.39, 0.29) is 37.1 Å². The molecule has 0 unspecified atom stereocenters. The normalized spacial score (nSPS) is 9.76. The summed E-state index contributed by atoms with van der Waals surface area (Å²) < 4.78 is 13.8. The monoisotopic (exact) mass is 530 g/mol. The van der Waals surface area contributed by atoms with Crippen LogP contribution in [-0.4, -0.2) is 61.0 Å². The highest BCUT2D eigenvalue weighted by Gasteiger charge is 2.06. The topological polar surface area (TPSA) is 136 Å². The summed E-state index contributed by atoms with van der Waals surface area (Å²) in [7, 11) is 1.36. The lowest BCUT2D eigenvalue weighted by molar-refractivity contribution is -0.140. The number of allylic oxidation sites excluding steroid dienone is 2. The van der Waals surface area contributed by atoms with Gasteiger partial charge in [-0.2, -0.15) is 0 Å². The first-order valence-electron chi connectivity index (χ1n) is 11.7. The SMILES string of the molecule is C=C(CC=CC(=O)O)C(=O)OCCO.C=C(CC=Cc1ccccc1)C(=O)OC.C=CC(=O)OCCCC. The largest absolute Gasteiger partial charge is 0.478 e. The molecule has 1 aromatic rings. The molecule has 1 aromatic carbocycles. The van der Waals surface area contributed by atoms with E-state index in [1.54, 1.807) is 0 Å². The van der Waals surface area contributed by atoms with Crippen LogP contribution in [0.4, 0.5) is 0 Å². The molecule has 0 fully saturated rings. The number of hydrogen-bond acceptors (Lipinski definition) is 8. The second kappa shape index (κ2) is 24.5. The minimum absolute atomic E-state index is 0.0828. The molecule has 2 N–H and O–H groups in total. The van der Waals surface area contributed by atoms with Gasteiger partial charge in [0, 0.05) is 23.3 Å². The number of unbranched alkanes of at least 4 members (excludes halogenated alkanes) is 1. The molecule has 0 aliphatic heterocycles. The first-order chi connectivity index (χ1) is 18.1. The number of benzene rings is 1. The zero-order valence-corrected chi connectivity index (χ0v) is 22.1. The molecule has 9 nitrogen and oxygen atoms in total. The van der Waals surface area contributed by atoms with E-state index in [0.29, 0.717) is 18.6 Å². The van der Waals surface area contributed by atoms with Crippen molar-refractivity contribution in [2.45, 2.75) is 32.6 Å². The van der Waals surface area contributed by atoms with Crippen molar-refractivity contribution >= 4 is 30.0 Å². The summed E-state index contributed by atoms with van der Waals surface area (Å²) in [4.78, 5) is 42.4. The van der Waals surface area contributed by atoms with Gasteiger partial charge in [-0.1, -0.05) is 81.6 Å². The number of esters is 3. The van der Waals surface area contributed by atoms with Crippen molar-refractivity contribution in [2.24, 2.45) is 0 Å². The zero-order valence-electron chi connectivity index (χ0n) is 22.1. The van der Waals surface area contributed by atoms with Gasteiger partial charge in [0.05, 0.1) is 20.3 Å². The molecule has 0 heterocycles. The van der Waals surface area contributed by atoms with Crippen LogP contribution < -0.4 is 0 Å². The predicted molar refractivity (Wildman–Crippen MR) is 146 cm³/mol. The van der Waals surface area contributed by atoms with E-state index in [4.69, 9.17) is 10.2 Å². The summed E-state index contributed by atoms with van der Waals surface area (Å²) in [5.74, 6) is -2.40. The Labute approximate surface area is 224 Å². The second-order valence-corrected chi connectivity index (χ2v) is 7.25. The maximum Gasteiger partial charge on any atom is 0.333 e. The zero-order chi connectivity index (χ0) is 29.2. The Morgan fingerprint density at radius 3 is 2.05 bits per heavy atom. The molecule has 1 rings (SSSR count). The van der Waals surface area contributed by atoms with Crippen LogP contribution in [-0.2, 0) is 33.4 Å². The molecule has 0 radical (unpaired) electrons. The first-order valence-corrected chi connectivity index (χ1v) is 11.7. The van der Waals surface area contributed by atoms with Crippen LogP contribution in [0.25, 0.3) is 6.08 Å². The van der Waals surface area contributed by atoms with E-state index in [9.17, 15) is 19.2 Å². The third-order valence-corrected chi connectivity index (χ3v) is 4.09. The number of ether oxygens (including phenoxy) is 3. The first kappa shape index (κ1) is 35.9. The highest BCUT2D eigenvalue weighted by atomic mass is 16.5. The van der Waals surface area contributed by atoms with E-state index in [2.05, 4.69) is 33.9 Å². The van der Waals surface area contributed by atoms with Gasteiger partial charge in [-0.05, 0) is 24.8 Å². The van der Waals surface area contributed by atoms with Crippen molar-refractivity contribution in [2.75, 3.05) is 26.9 Å². The maximum atomic E-state index is 11.0. The molecule has 9 heteroatoms. The Morgan fingerprint density at radius 1 is 0.921 bits per heavy atom. The lowest BCUT2D eigenvalue weighted by atomic mass is 10.1. The minimum Gasteiger partial charge on any atom is -0.478 e. The van der Waals surface area contributed by atoms with Gasteiger partial charge < -0.3 is 24.4 Å². The van der Waals surface area contributed by atoms with Gasteiger partial charge in [0.2, 0.25) is 0 Å². The second-order valence-electron chi connectivity index (χ2n) is 7.25. The summed E-state index contributed by atoms with van der Waals surface area (Å²) in [5.41, 5.74) is 1.72. The summed E-state index contributed by atoms with van der Waals surface area (Å²) in [6.45, 7) is 12.5. The van der Waals surface area contributed by atoms with Crippen LogP contribution in [0.1, 0.15) is 38.2 Å². The molecule has 0 aliphatic rings. The summed E-state index contributed by atoms with van der Waals surface area (Å²) in [6.07, 6.45) is 9.86. The average molecular weight is 531 g/mol. The van der Waals surface area contributed by atoms with Crippen LogP contribution in [0.3, 0.4) is 0 Å². The quantitative estimate of drug-likeness (QED) is 0.155. The molecule has 0 aliphatic carbocycles. The lowest BCUT2D eigenvalue weighted by Crippen LogP contribution is -2.09. The van der Waals surface area contributed by atoms with Gasteiger partial charge in [0.15, 0.2) is 0 Å². The van der Waals surface area contributed by atoms with Crippen molar-refractivity contribution in [1.29, 1.82) is 0 Å². The van der Waals surface area contributed by atoms with Gasteiger partial charge >= 0.3 is 23.9 Å². The molecular formula is C29H38O9. The molecule has 208 valence electrons. The number of aliphatic carboxylic acids is 1. The van der Waals surface area contributed by atoms with Crippen LogP contribution >= 0.6 is 0 Å². The minimum atomic E-state index is -1.08. The molecule has 0 atom stereocenters. The number of aliphatic hydroxyl groups excluding tert-OH is 1. The third kappa shape index (κ3) is 22.2. The van der Waals surface area contributed by atoms with Gasteiger partial charge in [-0.3, -0.25) is 0 Å². The number of carbonyl (C=O) groups excluding carboxylic acids is 3. The van der Waals surface area contributed by atoms with E-state index < -0.39 is 11.9 Å². The molecule has 0 spiro atoms. The number of carboxylic acid groups (broad SMARTS) is 1. The number of rotatable bonds is 14. The van der Waals surface area contributed by atoms with Crippen molar-refractivity contribution in [3.05, 3.63) is 91.1 Å². The fourth-order valence-corrected chi connectivity index (χ4v) is 2.13. The Kier molecular flexibility index (Phi) is 23.1. The predicted octanol–water partition coefficient (Wildman–Crippen LogP) is 4.44. The van der Waals surface area contributed by atoms with Crippen LogP contribution in [0, 0.1) is 0 Å².